The topological polar surface area (TPSA) is 88.9 Å². The van der Waals surface area contributed by atoms with Gasteiger partial charge in [-0.15, -0.1) is 0 Å². The molecule has 1 aromatic rings. The van der Waals surface area contributed by atoms with Gasteiger partial charge in [-0.25, -0.2) is 4.90 Å². The molecule has 1 unspecified atom stereocenters. The van der Waals surface area contributed by atoms with Gasteiger partial charge in [0.1, 0.15) is 5.60 Å². The van der Waals surface area contributed by atoms with Crippen LogP contribution in [0.3, 0.4) is 0 Å². The first-order valence-electron chi connectivity index (χ1n) is 9.45. The molecule has 30 heavy (non-hydrogen) atoms. The van der Waals surface area contributed by atoms with Gasteiger partial charge in [0.05, 0.1) is 53.5 Å². The number of amides is 2. The van der Waals surface area contributed by atoms with E-state index in [1.54, 1.807) is 13.8 Å². The average molecular weight is 422 g/mol. The van der Waals surface area contributed by atoms with E-state index in [9.17, 15) is 22.8 Å². The van der Waals surface area contributed by atoms with Crippen LogP contribution >= 0.6 is 0 Å². The second-order valence-electron chi connectivity index (χ2n) is 8.46. The molecule has 0 saturated carbocycles. The highest BCUT2D eigenvalue weighted by Crippen LogP contribution is 2.66. The quantitative estimate of drug-likeness (QED) is 0.646. The van der Waals surface area contributed by atoms with E-state index in [4.69, 9.17) is 19.5 Å². The number of ether oxygens (including phenoxy) is 3. The summed E-state index contributed by atoms with van der Waals surface area (Å²) in [4.78, 5) is 27.4. The van der Waals surface area contributed by atoms with Crippen molar-refractivity contribution in [3.05, 3.63) is 29.3 Å². The standard InChI is InChI=1S/C20H17F3N2O5/c1-17-9-19(28-5-6-29-19)18(2,30-17)14-13(17)15(26)25(16(14)27)11-4-3-10(8-24)12(7-11)20(21,22)23/h3-4,7,13-14H,5-6,9H2,1-2H3/t13?,14-,17-,18+/m0/s1. The number of nitrogens with zero attached hydrogens (tertiary/aromatic N) is 2. The maximum Gasteiger partial charge on any atom is 0.417 e. The van der Waals surface area contributed by atoms with E-state index < -0.39 is 57.9 Å². The zero-order valence-corrected chi connectivity index (χ0v) is 16.1. The Morgan fingerprint density at radius 3 is 2.37 bits per heavy atom. The molecule has 2 bridgehead atoms. The Morgan fingerprint density at radius 2 is 1.77 bits per heavy atom. The summed E-state index contributed by atoms with van der Waals surface area (Å²) in [5, 5.41) is 8.99. The van der Waals surface area contributed by atoms with Crippen LogP contribution in [-0.4, -0.2) is 42.0 Å². The van der Waals surface area contributed by atoms with Crippen molar-refractivity contribution >= 4 is 17.5 Å². The number of hydrogen-bond acceptors (Lipinski definition) is 6. The van der Waals surface area contributed by atoms with Gasteiger partial charge < -0.3 is 14.2 Å². The van der Waals surface area contributed by atoms with Crippen LogP contribution < -0.4 is 4.90 Å². The lowest BCUT2D eigenvalue weighted by Crippen LogP contribution is -2.58. The van der Waals surface area contributed by atoms with E-state index in [-0.39, 0.29) is 12.1 Å². The number of carbonyl (C=O) groups excluding carboxylic acids is 2. The minimum atomic E-state index is -4.81. The van der Waals surface area contributed by atoms with Crippen LogP contribution in [0.1, 0.15) is 31.4 Å². The van der Waals surface area contributed by atoms with E-state index in [1.165, 1.54) is 12.1 Å². The fraction of sp³-hybridized carbons (Fsp3) is 0.550. The molecule has 1 aromatic carbocycles. The number of imide groups is 1. The van der Waals surface area contributed by atoms with E-state index in [2.05, 4.69) is 0 Å². The summed E-state index contributed by atoms with van der Waals surface area (Å²) in [5.74, 6) is -4.27. The smallest absolute Gasteiger partial charge is 0.362 e. The minimum absolute atomic E-state index is 0.223. The van der Waals surface area contributed by atoms with Gasteiger partial charge in [-0.2, -0.15) is 18.4 Å². The monoisotopic (exact) mass is 422 g/mol. The number of benzene rings is 1. The van der Waals surface area contributed by atoms with Crippen molar-refractivity contribution in [2.24, 2.45) is 11.8 Å². The van der Waals surface area contributed by atoms with Crippen LogP contribution in [0.2, 0.25) is 0 Å². The maximum absolute atomic E-state index is 13.4. The number of nitriles is 1. The van der Waals surface area contributed by atoms with Gasteiger partial charge in [-0.1, -0.05) is 0 Å². The largest absolute Gasteiger partial charge is 0.417 e. The van der Waals surface area contributed by atoms with Crippen molar-refractivity contribution in [2.75, 3.05) is 18.1 Å². The van der Waals surface area contributed by atoms with E-state index in [0.29, 0.717) is 19.3 Å². The Balaban J connectivity index is 1.60. The van der Waals surface area contributed by atoms with Gasteiger partial charge in [-0.3, -0.25) is 9.59 Å². The molecule has 158 valence electrons. The molecule has 10 heteroatoms. The van der Waals surface area contributed by atoms with Crippen LogP contribution in [0.25, 0.3) is 0 Å². The fourth-order valence-corrected chi connectivity index (χ4v) is 5.65. The van der Waals surface area contributed by atoms with Crippen LogP contribution in [0, 0.1) is 23.2 Å². The summed E-state index contributed by atoms with van der Waals surface area (Å²) < 4.78 is 58.0. The lowest BCUT2D eigenvalue weighted by Gasteiger charge is -2.41. The molecule has 2 amide bonds. The van der Waals surface area contributed by atoms with Crippen LogP contribution in [-0.2, 0) is 30.0 Å². The summed E-state index contributed by atoms with van der Waals surface area (Å²) in [5.41, 5.74) is -4.30. The summed E-state index contributed by atoms with van der Waals surface area (Å²) in [6.45, 7) is 4.00. The van der Waals surface area contributed by atoms with Crippen molar-refractivity contribution in [2.45, 2.75) is 43.4 Å². The van der Waals surface area contributed by atoms with Gasteiger partial charge in [0.25, 0.3) is 0 Å². The second-order valence-corrected chi connectivity index (χ2v) is 8.46. The van der Waals surface area contributed by atoms with Crippen molar-refractivity contribution in [3.63, 3.8) is 0 Å². The Kier molecular flexibility index (Phi) is 3.64. The third kappa shape index (κ3) is 2.15. The highest BCUT2D eigenvalue weighted by molar-refractivity contribution is 6.23. The summed E-state index contributed by atoms with van der Waals surface area (Å²) in [6.07, 6.45) is -4.57. The number of fused-ring (bicyclic) bond motifs is 6. The molecule has 4 heterocycles. The molecule has 0 radical (unpaired) electrons. The average Bonchev–Trinajstić information content (AvgIpc) is 3.35. The van der Waals surface area contributed by atoms with Gasteiger partial charge in [-0.05, 0) is 32.0 Å². The molecule has 5 rings (SSSR count). The van der Waals surface area contributed by atoms with Crippen molar-refractivity contribution in [1.82, 2.24) is 0 Å². The molecule has 4 aliphatic rings. The number of carbonyl (C=O) groups is 2. The predicted molar refractivity (Wildman–Crippen MR) is 92.8 cm³/mol. The molecule has 4 fully saturated rings. The maximum atomic E-state index is 13.4. The molecular formula is C20H17F3N2O5. The number of hydrogen-bond donors (Lipinski definition) is 0. The summed E-state index contributed by atoms with van der Waals surface area (Å²) in [6, 6.07) is 4.30. The minimum Gasteiger partial charge on any atom is -0.362 e. The molecule has 0 aliphatic carbocycles. The number of rotatable bonds is 1. The summed E-state index contributed by atoms with van der Waals surface area (Å²) in [7, 11) is 0. The van der Waals surface area contributed by atoms with Crippen LogP contribution in [0.15, 0.2) is 18.2 Å². The first-order valence-corrected chi connectivity index (χ1v) is 9.45. The normalized spacial score (nSPS) is 36.6. The highest BCUT2D eigenvalue weighted by atomic mass is 19.4. The van der Waals surface area contributed by atoms with Crippen molar-refractivity contribution < 1.29 is 37.0 Å². The molecular weight excluding hydrogens is 405 g/mol. The van der Waals surface area contributed by atoms with Gasteiger partial charge in [0.15, 0.2) is 0 Å². The lowest BCUT2D eigenvalue weighted by atomic mass is 9.65. The van der Waals surface area contributed by atoms with Gasteiger partial charge in [0.2, 0.25) is 17.6 Å². The van der Waals surface area contributed by atoms with Gasteiger partial charge in [0, 0.05) is 6.42 Å². The Bertz CT molecular complexity index is 1030. The third-order valence-corrected chi connectivity index (χ3v) is 6.78. The third-order valence-electron chi connectivity index (χ3n) is 6.78. The lowest BCUT2D eigenvalue weighted by molar-refractivity contribution is -0.241. The molecule has 4 aliphatic heterocycles. The zero-order chi connectivity index (χ0) is 21.7. The van der Waals surface area contributed by atoms with E-state index >= 15 is 0 Å². The van der Waals surface area contributed by atoms with Crippen LogP contribution in [0.4, 0.5) is 18.9 Å². The number of anilines is 1. The predicted octanol–water partition coefficient (Wildman–Crippen LogP) is 2.38. The Hall–Kier alpha value is -2.48. The molecule has 0 aromatic heterocycles. The Labute approximate surface area is 169 Å². The van der Waals surface area contributed by atoms with E-state index in [0.717, 1.165) is 11.0 Å². The number of halogens is 3. The summed E-state index contributed by atoms with van der Waals surface area (Å²) >= 11 is 0. The van der Waals surface area contributed by atoms with Gasteiger partial charge >= 0.3 is 6.18 Å². The second kappa shape index (κ2) is 5.60. The molecule has 4 atom stereocenters. The molecule has 4 saturated heterocycles. The van der Waals surface area contributed by atoms with E-state index in [1.807, 2.05) is 0 Å². The zero-order valence-electron chi connectivity index (χ0n) is 16.1. The fourth-order valence-electron chi connectivity index (χ4n) is 5.65. The molecule has 1 spiro atoms. The van der Waals surface area contributed by atoms with Crippen molar-refractivity contribution in [1.29, 1.82) is 5.26 Å². The van der Waals surface area contributed by atoms with Crippen LogP contribution in [0.5, 0.6) is 0 Å². The number of alkyl halides is 3. The first-order chi connectivity index (χ1) is 14.0. The first kappa shape index (κ1) is 19.5. The molecule has 7 nitrogen and oxygen atoms in total. The highest BCUT2D eigenvalue weighted by Gasteiger charge is 2.82. The van der Waals surface area contributed by atoms with Crippen molar-refractivity contribution in [3.8, 4) is 6.07 Å². The Morgan fingerprint density at radius 1 is 1.13 bits per heavy atom. The SMILES string of the molecule is C[C@@]12CC3(OCCO3)[C@](C)(O1)[C@@H]1C(=O)N(c3ccc(C#N)c(C(F)(F)F)c3)C(=O)C12. The molecule has 0 N–H and O–H groups in total.